The summed E-state index contributed by atoms with van der Waals surface area (Å²) in [7, 11) is 0. The van der Waals surface area contributed by atoms with E-state index < -0.39 is 5.97 Å². The maximum absolute atomic E-state index is 9.90. The van der Waals surface area contributed by atoms with Gasteiger partial charge < -0.3 is 0 Å². The van der Waals surface area contributed by atoms with E-state index in [9.17, 15) is 4.79 Å². The molecule has 0 fully saturated rings. The summed E-state index contributed by atoms with van der Waals surface area (Å²) in [6.07, 6.45) is 0.186. The van der Waals surface area contributed by atoms with Crippen LogP contribution in [0.3, 0.4) is 0 Å². The highest BCUT2D eigenvalue weighted by atomic mass is 16.7. The molecule has 0 bridgehead atoms. The zero-order valence-corrected chi connectivity index (χ0v) is 3.88. The molecule has 0 heterocycles. The summed E-state index contributed by atoms with van der Waals surface area (Å²) in [6, 6.07) is 0. The molecule has 4 heteroatoms. The first-order valence-corrected chi connectivity index (χ1v) is 1.83. The van der Waals surface area contributed by atoms with Crippen LogP contribution in [0.25, 0.3) is 0 Å². The van der Waals surface area contributed by atoms with Crippen molar-refractivity contribution in [1.29, 1.82) is 0 Å². The molecule has 0 saturated carbocycles. The molecule has 0 aromatic rings. The van der Waals surface area contributed by atoms with E-state index in [1.54, 1.807) is 6.92 Å². The zero-order valence-electron chi connectivity index (χ0n) is 3.88. The van der Waals surface area contributed by atoms with E-state index in [2.05, 4.69) is 4.84 Å². The molecule has 0 aromatic carbocycles. The van der Waals surface area contributed by atoms with Crippen LogP contribution in [0.5, 0.6) is 0 Å². The van der Waals surface area contributed by atoms with Crippen LogP contribution in [0.1, 0.15) is 13.3 Å². The monoisotopic (exact) mass is 103 g/mol. The summed E-state index contributed by atoms with van der Waals surface area (Å²) in [6.45, 7) is 1.58. The molecule has 0 spiro atoms. The minimum absolute atomic E-state index is 0.186. The molecule has 0 aliphatic rings. The highest BCUT2D eigenvalue weighted by molar-refractivity contribution is 5.68. The van der Waals surface area contributed by atoms with Crippen LogP contribution >= 0.6 is 0 Å². The van der Waals surface area contributed by atoms with Crippen LogP contribution in [-0.4, -0.2) is 5.97 Å². The van der Waals surface area contributed by atoms with Crippen molar-refractivity contribution in [2.24, 2.45) is 5.34 Å². The van der Waals surface area contributed by atoms with Gasteiger partial charge in [0.1, 0.15) is 0 Å². The van der Waals surface area contributed by atoms with Crippen molar-refractivity contribution in [3.05, 3.63) is 4.91 Å². The fraction of sp³-hybridized carbons (Fsp3) is 0.667. The number of nitrogens with zero attached hydrogens (tertiary/aromatic N) is 1. The Hall–Kier alpha value is -0.930. The standard InChI is InChI=1S/C3H5NO3/c1-2-3(5)7-4-6/h2H2,1H3. The minimum Gasteiger partial charge on any atom is -0.285 e. The van der Waals surface area contributed by atoms with Gasteiger partial charge in [0.2, 0.25) is 0 Å². The normalized spacial score (nSPS) is 7.57. The van der Waals surface area contributed by atoms with Crippen LogP contribution in [0.2, 0.25) is 0 Å². The third kappa shape index (κ3) is 2.88. The predicted molar refractivity (Wildman–Crippen MR) is 22.2 cm³/mol. The van der Waals surface area contributed by atoms with E-state index in [1.807, 2.05) is 5.34 Å². The molecular weight excluding hydrogens is 98.0 g/mol. The van der Waals surface area contributed by atoms with E-state index in [1.165, 1.54) is 0 Å². The Kier molecular flexibility index (Phi) is 2.83. The first-order valence-electron chi connectivity index (χ1n) is 1.83. The lowest BCUT2D eigenvalue weighted by molar-refractivity contribution is -0.143. The van der Waals surface area contributed by atoms with Crippen molar-refractivity contribution in [3.8, 4) is 0 Å². The molecule has 7 heavy (non-hydrogen) atoms. The van der Waals surface area contributed by atoms with Gasteiger partial charge in [-0.1, -0.05) is 6.92 Å². The van der Waals surface area contributed by atoms with Crippen molar-refractivity contribution in [1.82, 2.24) is 0 Å². The van der Waals surface area contributed by atoms with Crippen molar-refractivity contribution >= 4 is 5.97 Å². The Labute approximate surface area is 40.4 Å². The molecule has 40 valence electrons. The van der Waals surface area contributed by atoms with Gasteiger partial charge in [-0.05, 0) is 0 Å². The zero-order chi connectivity index (χ0) is 5.70. The second-order valence-electron chi connectivity index (χ2n) is 0.891. The van der Waals surface area contributed by atoms with Gasteiger partial charge in [0.25, 0.3) is 0 Å². The van der Waals surface area contributed by atoms with Crippen LogP contribution < -0.4 is 0 Å². The Morgan fingerprint density at radius 3 is 2.57 bits per heavy atom. The summed E-state index contributed by atoms with van der Waals surface area (Å²) in [5.41, 5.74) is 0. The lowest BCUT2D eigenvalue weighted by Gasteiger charge is -1.82. The first kappa shape index (κ1) is 6.07. The summed E-state index contributed by atoms with van der Waals surface area (Å²) in [4.78, 5) is 22.6. The number of rotatable bonds is 2. The summed E-state index contributed by atoms with van der Waals surface area (Å²) in [5.74, 6) is -0.602. The average molecular weight is 103 g/mol. The van der Waals surface area contributed by atoms with Crippen molar-refractivity contribution in [2.75, 3.05) is 0 Å². The second kappa shape index (κ2) is 3.27. The number of carbonyl (C=O) groups is 1. The Morgan fingerprint density at radius 2 is 2.43 bits per heavy atom. The van der Waals surface area contributed by atoms with Gasteiger partial charge in [-0.15, -0.1) is 4.91 Å². The Morgan fingerprint density at radius 1 is 1.86 bits per heavy atom. The SMILES string of the molecule is CCC(=O)ON=O. The van der Waals surface area contributed by atoms with Crippen molar-refractivity contribution in [2.45, 2.75) is 13.3 Å². The van der Waals surface area contributed by atoms with Gasteiger partial charge in [0.05, 0.1) is 0 Å². The highest BCUT2D eigenvalue weighted by Crippen LogP contribution is 1.81. The van der Waals surface area contributed by atoms with Gasteiger partial charge >= 0.3 is 5.97 Å². The molecule has 0 atom stereocenters. The molecule has 0 aliphatic carbocycles. The van der Waals surface area contributed by atoms with Gasteiger partial charge in [-0.3, -0.25) is 4.84 Å². The fourth-order valence-corrected chi connectivity index (χ4v) is 0.106. The number of hydrogen-bond acceptors (Lipinski definition) is 4. The third-order valence-electron chi connectivity index (χ3n) is 0.428. The van der Waals surface area contributed by atoms with Gasteiger partial charge in [0.15, 0.2) is 5.34 Å². The maximum atomic E-state index is 9.90. The van der Waals surface area contributed by atoms with Gasteiger partial charge in [-0.2, -0.15) is 0 Å². The molecule has 0 radical (unpaired) electrons. The first-order chi connectivity index (χ1) is 3.31. The fourth-order valence-electron chi connectivity index (χ4n) is 0.106. The van der Waals surface area contributed by atoms with Crippen LogP contribution in [0.15, 0.2) is 5.34 Å². The second-order valence-corrected chi connectivity index (χ2v) is 0.891. The Bertz CT molecular complexity index is 80.2. The average Bonchev–Trinajstić information content (AvgIpc) is 1.68. The summed E-state index contributed by atoms with van der Waals surface area (Å²) >= 11 is 0. The highest BCUT2D eigenvalue weighted by Gasteiger charge is 1.93. The number of carbonyl (C=O) groups excluding carboxylic acids is 1. The molecular formula is C3H5NO3. The van der Waals surface area contributed by atoms with Crippen LogP contribution in [0.4, 0.5) is 0 Å². The van der Waals surface area contributed by atoms with Gasteiger partial charge in [-0.25, -0.2) is 4.79 Å². The molecule has 0 rings (SSSR count). The molecule has 4 nitrogen and oxygen atoms in total. The largest absolute Gasteiger partial charge is 0.338 e. The molecule has 0 unspecified atom stereocenters. The van der Waals surface area contributed by atoms with E-state index in [-0.39, 0.29) is 6.42 Å². The van der Waals surface area contributed by atoms with E-state index in [4.69, 9.17) is 4.91 Å². The molecule has 0 amide bonds. The van der Waals surface area contributed by atoms with Gasteiger partial charge in [0, 0.05) is 6.42 Å². The third-order valence-corrected chi connectivity index (χ3v) is 0.428. The maximum Gasteiger partial charge on any atom is 0.338 e. The summed E-state index contributed by atoms with van der Waals surface area (Å²) in [5, 5.41) is 1.91. The van der Waals surface area contributed by atoms with Crippen molar-refractivity contribution in [3.63, 3.8) is 0 Å². The number of hydrogen-bond donors (Lipinski definition) is 0. The summed E-state index contributed by atoms with van der Waals surface area (Å²) < 4.78 is 0. The lowest BCUT2D eigenvalue weighted by Crippen LogP contribution is -1.93. The van der Waals surface area contributed by atoms with E-state index >= 15 is 0 Å². The van der Waals surface area contributed by atoms with Crippen LogP contribution in [-0.2, 0) is 9.63 Å². The molecule has 0 N–H and O–H groups in total. The lowest BCUT2D eigenvalue weighted by atomic mass is 10.5. The molecule has 0 aromatic heterocycles. The van der Waals surface area contributed by atoms with Crippen LogP contribution in [0, 0.1) is 4.91 Å². The van der Waals surface area contributed by atoms with E-state index in [0.29, 0.717) is 0 Å². The smallest absolute Gasteiger partial charge is 0.285 e. The topological polar surface area (TPSA) is 55.7 Å². The quantitative estimate of drug-likeness (QED) is 0.380. The van der Waals surface area contributed by atoms with E-state index in [0.717, 1.165) is 0 Å². The van der Waals surface area contributed by atoms with Crippen molar-refractivity contribution < 1.29 is 9.63 Å². The molecule has 0 saturated heterocycles. The minimum atomic E-state index is -0.602. The Balaban J connectivity index is 3.17. The molecule has 0 aliphatic heterocycles. The predicted octanol–water partition coefficient (Wildman–Crippen LogP) is 0.621.